The van der Waals surface area contributed by atoms with Crippen molar-refractivity contribution in [3.63, 3.8) is 0 Å². The Morgan fingerprint density at radius 2 is 1.87 bits per heavy atom. The Kier molecular flexibility index (Phi) is 9.13. The van der Waals surface area contributed by atoms with Crippen molar-refractivity contribution in [3.05, 3.63) is 64.3 Å². The number of hydrogen-bond acceptors (Lipinski definition) is 4. The molecule has 1 aromatic rings. The first-order valence-electron chi connectivity index (χ1n) is 13.7. The van der Waals surface area contributed by atoms with Gasteiger partial charge >= 0.3 is 6.18 Å². The molecule has 1 aliphatic heterocycles. The fraction of sp³-hybridized carbons (Fsp3) is 0.533. The average molecular weight is 530 g/mol. The van der Waals surface area contributed by atoms with E-state index in [1.165, 1.54) is 0 Å². The minimum Gasteiger partial charge on any atom is -0.369 e. The third-order valence-electron chi connectivity index (χ3n) is 7.85. The van der Waals surface area contributed by atoms with E-state index in [9.17, 15) is 22.8 Å². The molecule has 0 saturated heterocycles. The Morgan fingerprint density at radius 3 is 2.58 bits per heavy atom. The van der Waals surface area contributed by atoms with Crippen molar-refractivity contribution in [2.24, 2.45) is 0 Å². The Labute approximate surface area is 223 Å². The first kappa shape index (κ1) is 28.1. The summed E-state index contributed by atoms with van der Waals surface area (Å²) in [5.74, 6) is -0.120. The lowest BCUT2D eigenvalue weighted by Gasteiger charge is -2.39. The van der Waals surface area contributed by atoms with Crippen molar-refractivity contribution in [1.82, 2.24) is 10.6 Å². The first-order chi connectivity index (χ1) is 18.2. The molecule has 0 unspecified atom stereocenters. The number of nitrogens with zero attached hydrogens (tertiary/aromatic N) is 1. The van der Waals surface area contributed by atoms with Gasteiger partial charge in [-0.05, 0) is 82.1 Å². The highest BCUT2D eigenvalue weighted by Crippen LogP contribution is 2.33. The van der Waals surface area contributed by atoms with Crippen LogP contribution < -0.4 is 15.5 Å². The number of amides is 1. The number of ketones is 1. The quantitative estimate of drug-likeness (QED) is 0.473. The molecule has 206 valence electrons. The number of halogens is 3. The maximum absolute atomic E-state index is 13.4. The zero-order valence-electron chi connectivity index (χ0n) is 22.3. The number of alkyl halides is 3. The van der Waals surface area contributed by atoms with Crippen molar-refractivity contribution in [2.75, 3.05) is 24.5 Å². The van der Waals surface area contributed by atoms with Crippen molar-refractivity contribution < 1.29 is 22.8 Å². The van der Waals surface area contributed by atoms with E-state index >= 15 is 0 Å². The van der Waals surface area contributed by atoms with Crippen molar-refractivity contribution >= 4 is 17.4 Å². The summed E-state index contributed by atoms with van der Waals surface area (Å²) in [6.45, 7) is 4.05. The summed E-state index contributed by atoms with van der Waals surface area (Å²) >= 11 is 0. The Hall–Kier alpha value is -2.87. The number of hydrogen-bond donors (Lipinski definition) is 2. The second kappa shape index (κ2) is 12.3. The van der Waals surface area contributed by atoms with Gasteiger partial charge in [-0.2, -0.15) is 13.2 Å². The number of carbonyl (C=O) groups is 2. The molecular formula is C30H38F3N3O2. The van der Waals surface area contributed by atoms with Crippen LogP contribution in [0.2, 0.25) is 0 Å². The smallest absolute Gasteiger partial charge is 0.369 e. The van der Waals surface area contributed by atoms with Crippen LogP contribution in [0.5, 0.6) is 0 Å². The van der Waals surface area contributed by atoms with Gasteiger partial charge in [0, 0.05) is 48.4 Å². The summed E-state index contributed by atoms with van der Waals surface area (Å²) in [5, 5.41) is 5.67. The lowest BCUT2D eigenvalue weighted by atomic mass is 9.88. The number of carbonyl (C=O) groups excluding carboxylic acids is 2. The summed E-state index contributed by atoms with van der Waals surface area (Å²) in [5.41, 5.74) is 5.30. The first-order valence-corrected chi connectivity index (χ1v) is 13.7. The van der Waals surface area contributed by atoms with Gasteiger partial charge in [0.1, 0.15) is 0 Å². The number of rotatable bonds is 5. The molecule has 0 atom stereocenters. The van der Waals surface area contributed by atoms with Gasteiger partial charge in [-0.15, -0.1) is 0 Å². The predicted molar refractivity (Wildman–Crippen MR) is 144 cm³/mol. The fourth-order valence-corrected chi connectivity index (χ4v) is 5.98. The van der Waals surface area contributed by atoms with Crippen LogP contribution in [0.1, 0.15) is 74.7 Å². The van der Waals surface area contributed by atoms with E-state index < -0.39 is 12.7 Å². The molecule has 1 saturated carbocycles. The van der Waals surface area contributed by atoms with Crippen molar-refractivity contribution in [2.45, 2.75) is 83.5 Å². The molecule has 0 bridgehead atoms. The molecule has 0 radical (unpaired) electrons. The number of benzene rings is 1. The van der Waals surface area contributed by atoms with Crippen LogP contribution in [0, 0.1) is 0 Å². The van der Waals surface area contributed by atoms with Crippen LogP contribution in [0.25, 0.3) is 0 Å². The highest BCUT2D eigenvalue weighted by atomic mass is 19.4. The van der Waals surface area contributed by atoms with Gasteiger partial charge in [-0.1, -0.05) is 29.9 Å². The van der Waals surface area contributed by atoms with Gasteiger partial charge in [0.25, 0.3) is 5.91 Å². The minimum atomic E-state index is -4.20. The summed E-state index contributed by atoms with van der Waals surface area (Å²) in [7, 11) is 0. The van der Waals surface area contributed by atoms with Gasteiger partial charge < -0.3 is 15.5 Å². The lowest BCUT2D eigenvalue weighted by Crippen LogP contribution is -2.45. The topological polar surface area (TPSA) is 61.4 Å². The number of nitrogens with one attached hydrogen (secondary N) is 2. The van der Waals surface area contributed by atoms with Gasteiger partial charge in [0.2, 0.25) is 0 Å². The second-order valence-corrected chi connectivity index (χ2v) is 10.6. The maximum Gasteiger partial charge on any atom is 0.401 e. The molecule has 4 rings (SSSR count). The number of fused-ring (bicyclic) bond motifs is 1. The molecule has 8 heteroatoms. The zero-order chi connectivity index (χ0) is 27.3. The van der Waals surface area contributed by atoms with Gasteiger partial charge in [-0.25, -0.2) is 0 Å². The second-order valence-electron chi connectivity index (χ2n) is 10.6. The molecule has 1 aromatic carbocycles. The molecule has 2 N–H and O–H groups in total. The Morgan fingerprint density at radius 1 is 1.11 bits per heavy atom. The largest absolute Gasteiger partial charge is 0.401 e. The molecule has 2 aliphatic carbocycles. The molecular weight excluding hydrogens is 491 g/mol. The average Bonchev–Trinajstić information content (AvgIpc) is 2.87. The van der Waals surface area contributed by atoms with E-state index in [2.05, 4.69) is 40.7 Å². The standard InChI is InChI=1S/C30H38F3N3O2/c1-3-36(23-14-12-22(13-15-23)35-19-30(31,32)33)27-11-7-10-25-24(27)9-6-4-5-8-21-16-20(2)17-28(37)26(21)18-34-29(25)38/h4,6-7,10-11,16,22-23,35H,3,5,8-9,12-15,17-19H2,1-2H3,(H,34,38)/b6-4+. The summed E-state index contributed by atoms with van der Waals surface area (Å²) in [6, 6.07) is 5.85. The van der Waals surface area contributed by atoms with Gasteiger partial charge in [0.15, 0.2) is 5.78 Å². The number of anilines is 1. The Bertz CT molecular complexity index is 1130. The van der Waals surface area contributed by atoms with Crippen LogP contribution in [0.4, 0.5) is 18.9 Å². The lowest BCUT2D eigenvalue weighted by molar-refractivity contribution is -0.126. The number of allylic oxidation sites excluding steroid dienone is 5. The van der Waals surface area contributed by atoms with Crippen molar-refractivity contribution in [3.8, 4) is 0 Å². The fourth-order valence-electron chi connectivity index (χ4n) is 5.98. The van der Waals surface area contributed by atoms with Gasteiger partial charge in [0.05, 0.1) is 6.54 Å². The summed E-state index contributed by atoms with van der Waals surface area (Å²) in [4.78, 5) is 28.5. The number of Topliss-reactive ketones (excluding diaryl/α,β-unsaturated/α-hetero) is 1. The third kappa shape index (κ3) is 6.95. The maximum atomic E-state index is 13.4. The van der Waals surface area contributed by atoms with E-state index in [0.29, 0.717) is 36.8 Å². The van der Waals surface area contributed by atoms with Crippen LogP contribution in [-0.4, -0.2) is 49.6 Å². The molecule has 3 aliphatic rings. The van der Waals surface area contributed by atoms with E-state index in [1.54, 1.807) is 0 Å². The molecule has 1 heterocycles. The highest BCUT2D eigenvalue weighted by molar-refractivity contribution is 6.02. The Balaban J connectivity index is 1.55. The van der Waals surface area contributed by atoms with Crippen LogP contribution in [0.15, 0.2) is 53.1 Å². The van der Waals surface area contributed by atoms with Gasteiger partial charge in [-0.3, -0.25) is 9.59 Å². The predicted octanol–water partition coefficient (Wildman–Crippen LogP) is 5.81. The van der Waals surface area contributed by atoms with E-state index in [-0.39, 0.29) is 30.3 Å². The molecule has 1 fully saturated rings. The van der Waals surface area contributed by atoms with Crippen LogP contribution >= 0.6 is 0 Å². The summed E-state index contributed by atoms with van der Waals surface area (Å²) in [6.07, 6.45) is 7.64. The zero-order valence-corrected chi connectivity index (χ0v) is 22.3. The monoisotopic (exact) mass is 529 g/mol. The van der Waals surface area contributed by atoms with E-state index in [1.807, 2.05) is 25.1 Å². The van der Waals surface area contributed by atoms with Crippen molar-refractivity contribution in [1.29, 1.82) is 0 Å². The molecule has 0 spiro atoms. The van der Waals surface area contributed by atoms with E-state index in [0.717, 1.165) is 54.6 Å². The molecule has 1 amide bonds. The normalized spacial score (nSPS) is 23.9. The molecule has 5 nitrogen and oxygen atoms in total. The summed E-state index contributed by atoms with van der Waals surface area (Å²) < 4.78 is 37.9. The molecule has 0 aromatic heterocycles. The van der Waals surface area contributed by atoms with Crippen LogP contribution in [0.3, 0.4) is 0 Å². The third-order valence-corrected chi connectivity index (χ3v) is 7.85. The minimum absolute atomic E-state index is 0.0767. The molecule has 38 heavy (non-hydrogen) atoms. The van der Waals surface area contributed by atoms with E-state index in [4.69, 9.17) is 0 Å². The van der Waals surface area contributed by atoms with Crippen LogP contribution in [-0.2, 0) is 11.2 Å². The SMILES string of the molecule is CCN(c1cccc2c1C/C=C/CCC1=C(CNC2=O)C(=O)CC(C)=C1)C1CCC(NCC(F)(F)F)CC1. The highest BCUT2D eigenvalue weighted by Gasteiger charge is 2.31.